The van der Waals surface area contributed by atoms with E-state index in [9.17, 15) is 0 Å². The highest BCUT2D eigenvalue weighted by atomic mass is 15.3. The van der Waals surface area contributed by atoms with E-state index >= 15 is 0 Å². The van der Waals surface area contributed by atoms with E-state index in [0.717, 1.165) is 26.2 Å². The van der Waals surface area contributed by atoms with Crippen LogP contribution in [-0.2, 0) is 0 Å². The van der Waals surface area contributed by atoms with Gasteiger partial charge in [0.15, 0.2) is 0 Å². The molecule has 1 rings (SSSR count). The molecule has 0 aliphatic carbocycles. The molecule has 0 bridgehead atoms. The van der Waals surface area contributed by atoms with Crippen LogP contribution < -0.4 is 5.73 Å². The third kappa shape index (κ3) is 3.32. The van der Waals surface area contributed by atoms with Crippen LogP contribution in [0.25, 0.3) is 0 Å². The lowest BCUT2D eigenvalue weighted by atomic mass is 10.2. The van der Waals surface area contributed by atoms with Crippen LogP contribution in [0.15, 0.2) is 4.99 Å². The van der Waals surface area contributed by atoms with Gasteiger partial charge in [0.1, 0.15) is 0 Å². The summed E-state index contributed by atoms with van der Waals surface area (Å²) < 4.78 is 0. The van der Waals surface area contributed by atoms with Crippen LogP contribution in [0.1, 0.15) is 6.92 Å². The molecule has 0 spiro atoms. The Morgan fingerprint density at radius 2 is 2.15 bits per heavy atom. The van der Waals surface area contributed by atoms with E-state index in [-0.39, 0.29) is 0 Å². The largest absolute Gasteiger partial charge is 0.388 e. The average Bonchev–Trinajstić information content (AvgIpc) is 2.06. The lowest BCUT2D eigenvalue weighted by molar-refractivity contribution is 0.119. The molecule has 1 fully saturated rings. The van der Waals surface area contributed by atoms with Gasteiger partial charge in [-0.2, -0.15) is 0 Å². The fourth-order valence-electron chi connectivity index (χ4n) is 1.55. The number of rotatable bonds is 2. The summed E-state index contributed by atoms with van der Waals surface area (Å²) in [5.74, 6) is 0.682. The second-order valence-electron chi connectivity index (χ2n) is 3.88. The number of nitrogens with two attached hydrogens (primary N) is 1. The van der Waals surface area contributed by atoms with Gasteiger partial charge in [-0.05, 0) is 21.0 Å². The van der Waals surface area contributed by atoms with E-state index in [1.54, 1.807) is 0 Å². The quantitative estimate of drug-likeness (QED) is 0.469. The predicted molar refractivity (Wildman–Crippen MR) is 56.1 cm³/mol. The van der Waals surface area contributed by atoms with Crippen LogP contribution in [0.5, 0.6) is 0 Å². The fourth-order valence-corrected chi connectivity index (χ4v) is 1.55. The molecular formula is C9H20N4. The van der Waals surface area contributed by atoms with Crippen molar-refractivity contribution in [3.05, 3.63) is 0 Å². The Bertz CT molecular complexity index is 186. The molecule has 1 atom stereocenters. The zero-order valence-electron chi connectivity index (χ0n) is 8.82. The Balaban J connectivity index is 2.42. The minimum atomic E-state index is 0.525. The first-order valence-corrected chi connectivity index (χ1v) is 4.75. The molecule has 4 nitrogen and oxygen atoms in total. The Morgan fingerprint density at radius 1 is 1.46 bits per heavy atom. The molecule has 2 N–H and O–H groups in total. The van der Waals surface area contributed by atoms with E-state index in [1.165, 1.54) is 0 Å². The van der Waals surface area contributed by atoms with Crippen LogP contribution in [0.3, 0.4) is 0 Å². The predicted octanol–water partition coefficient (Wildman–Crippen LogP) is -0.391. The molecule has 1 heterocycles. The Kier molecular flexibility index (Phi) is 3.69. The molecule has 0 radical (unpaired) electrons. The lowest BCUT2D eigenvalue weighted by Crippen LogP contribution is -2.51. The summed E-state index contributed by atoms with van der Waals surface area (Å²) in [6.07, 6.45) is 0. The zero-order valence-corrected chi connectivity index (χ0v) is 8.82. The van der Waals surface area contributed by atoms with Gasteiger partial charge in [0.05, 0.1) is 12.4 Å². The van der Waals surface area contributed by atoms with Crippen molar-refractivity contribution in [1.29, 1.82) is 0 Å². The molecule has 0 aromatic heterocycles. The van der Waals surface area contributed by atoms with Crippen molar-refractivity contribution in [3.8, 4) is 0 Å². The van der Waals surface area contributed by atoms with Gasteiger partial charge in [0.25, 0.3) is 0 Å². The number of hydrogen-bond acceptors (Lipinski definition) is 3. The molecule has 0 saturated carbocycles. The van der Waals surface area contributed by atoms with E-state index in [1.807, 2.05) is 6.92 Å². The number of likely N-dealkylation sites (N-methyl/N-ethyl adjacent to an activating group) is 2. The van der Waals surface area contributed by atoms with Crippen LogP contribution in [0.2, 0.25) is 0 Å². The first-order chi connectivity index (χ1) is 6.09. The topological polar surface area (TPSA) is 44.9 Å². The van der Waals surface area contributed by atoms with Crippen molar-refractivity contribution in [2.75, 3.05) is 40.3 Å². The minimum absolute atomic E-state index is 0.525. The van der Waals surface area contributed by atoms with Crippen molar-refractivity contribution < 1.29 is 0 Å². The molecule has 1 aliphatic heterocycles. The summed E-state index contributed by atoms with van der Waals surface area (Å²) in [5.41, 5.74) is 5.51. The molecule has 1 saturated heterocycles. The summed E-state index contributed by atoms with van der Waals surface area (Å²) >= 11 is 0. The molecule has 1 aliphatic rings. The highest BCUT2D eigenvalue weighted by Gasteiger charge is 2.21. The summed E-state index contributed by atoms with van der Waals surface area (Å²) in [4.78, 5) is 8.95. The van der Waals surface area contributed by atoms with Crippen LogP contribution >= 0.6 is 0 Å². The van der Waals surface area contributed by atoms with Crippen molar-refractivity contribution in [3.63, 3.8) is 0 Å². The number of amidine groups is 1. The van der Waals surface area contributed by atoms with Crippen LogP contribution in [-0.4, -0.2) is 62.0 Å². The number of nitrogens with zero attached hydrogens (tertiary/aromatic N) is 3. The van der Waals surface area contributed by atoms with Crippen molar-refractivity contribution >= 4 is 5.84 Å². The SMILES string of the molecule is CC(N)=NCC1CN(C)CCN1C. The van der Waals surface area contributed by atoms with Gasteiger partial charge in [-0.15, -0.1) is 0 Å². The van der Waals surface area contributed by atoms with Crippen LogP contribution in [0, 0.1) is 0 Å². The molecule has 4 heteroatoms. The summed E-state index contributed by atoms with van der Waals surface area (Å²) in [7, 11) is 4.30. The first-order valence-electron chi connectivity index (χ1n) is 4.75. The molecule has 0 aromatic carbocycles. The average molecular weight is 184 g/mol. The Hall–Kier alpha value is -0.610. The summed E-state index contributed by atoms with van der Waals surface area (Å²) in [6, 6.07) is 0.525. The molecule has 13 heavy (non-hydrogen) atoms. The number of aliphatic imine (C=N–C) groups is 1. The highest BCUT2D eigenvalue weighted by molar-refractivity contribution is 5.77. The first kappa shape index (κ1) is 10.5. The fraction of sp³-hybridized carbons (Fsp3) is 0.889. The Morgan fingerprint density at radius 3 is 2.77 bits per heavy atom. The molecule has 76 valence electrons. The zero-order chi connectivity index (χ0) is 9.84. The van der Waals surface area contributed by atoms with Gasteiger partial charge in [0, 0.05) is 25.7 Å². The lowest BCUT2D eigenvalue weighted by Gasteiger charge is -2.36. The number of hydrogen-bond donors (Lipinski definition) is 1. The van der Waals surface area contributed by atoms with Crippen molar-refractivity contribution in [2.45, 2.75) is 13.0 Å². The maximum Gasteiger partial charge on any atom is 0.0906 e. The standard InChI is InChI=1S/C9H20N4/c1-8(10)11-6-9-7-12(2)4-5-13(9)3/h9H,4-7H2,1-3H3,(H2,10,11). The maximum atomic E-state index is 5.51. The molecule has 0 aromatic rings. The van der Waals surface area contributed by atoms with Gasteiger partial charge in [-0.25, -0.2) is 0 Å². The molecule has 1 unspecified atom stereocenters. The maximum absolute atomic E-state index is 5.51. The van der Waals surface area contributed by atoms with Crippen LogP contribution in [0.4, 0.5) is 0 Å². The Labute approximate surface area is 80.4 Å². The monoisotopic (exact) mass is 184 g/mol. The summed E-state index contributed by atoms with van der Waals surface area (Å²) in [5, 5.41) is 0. The van der Waals surface area contributed by atoms with Gasteiger partial charge in [-0.3, -0.25) is 9.89 Å². The molecule has 0 amide bonds. The van der Waals surface area contributed by atoms with E-state index in [4.69, 9.17) is 5.73 Å². The second-order valence-corrected chi connectivity index (χ2v) is 3.88. The highest BCUT2D eigenvalue weighted by Crippen LogP contribution is 2.05. The number of piperazine rings is 1. The minimum Gasteiger partial charge on any atom is -0.388 e. The second kappa shape index (κ2) is 4.58. The normalized spacial score (nSPS) is 27.9. The van der Waals surface area contributed by atoms with E-state index in [0.29, 0.717) is 11.9 Å². The van der Waals surface area contributed by atoms with Gasteiger partial charge in [0.2, 0.25) is 0 Å². The third-order valence-electron chi connectivity index (χ3n) is 2.53. The van der Waals surface area contributed by atoms with Gasteiger partial charge >= 0.3 is 0 Å². The van der Waals surface area contributed by atoms with Crippen molar-refractivity contribution in [2.24, 2.45) is 10.7 Å². The van der Waals surface area contributed by atoms with Gasteiger partial charge < -0.3 is 10.6 Å². The summed E-state index contributed by atoms with van der Waals surface area (Å²) in [6.45, 7) is 6.03. The van der Waals surface area contributed by atoms with E-state index in [2.05, 4.69) is 28.9 Å². The van der Waals surface area contributed by atoms with E-state index < -0.39 is 0 Å². The van der Waals surface area contributed by atoms with Crippen molar-refractivity contribution in [1.82, 2.24) is 9.80 Å². The molecular weight excluding hydrogens is 164 g/mol. The smallest absolute Gasteiger partial charge is 0.0906 e. The third-order valence-corrected chi connectivity index (χ3v) is 2.53. The van der Waals surface area contributed by atoms with Gasteiger partial charge in [-0.1, -0.05) is 0 Å².